The van der Waals surface area contributed by atoms with E-state index in [1.54, 1.807) is 0 Å². The predicted octanol–water partition coefficient (Wildman–Crippen LogP) is 2.87. The standard InChI is InChI=1S/C13H12F2N2O/c14-10-2-1-3-11(15)12(10)13-17-9(7-18-13)6-16-8-4-5-8/h1-3,7-8,16H,4-6H2. The number of benzene rings is 1. The van der Waals surface area contributed by atoms with Crippen molar-refractivity contribution < 1.29 is 13.2 Å². The molecule has 1 aliphatic rings. The third kappa shape index (κ3) is 2.26. The molecule has 2 aromatic rings. The van der Waals surface area contributed by atoms with Gasteiger partial charge >= 0.3 is 0 Å². The van der Waals surface area contributed by atoms with Crippen molar-refractivity contribution in [2.24, 2.45) is 0 Å². The molecule has 1 saturated carbocycles. The Hall–Kier alpha value is -1.75. The third-order valence-corrected chi connectivity index (χ3v) is 2.88. The van der Waals surface area contributed by atoms with Crippen LogP contribution in [0.4, 0.5) is 8.78 Å². The summed E-state index contributed by atoms with van der Waals surface area (Å²) in [7, 11) is 0. The van der Waals surface area contributed by atoms with Gasteiger partial charge in [0, 0.05) is 12.6 Å². The second kappa shape index (κ2) is 4.49. The molecule has 1 aromatic heterocycles. The van der Waals surface area contributed by atoms with Gasteiger partial charge in [-0.3, -0.25) is 0 Å². The van der Waals surface area contributed by atoms with Gasteiger partial charge in [-0.1, -0.05) is 6.07 Å². The van der Waals surface area contributed by atoms with Gasteiger partial charge in [-0.25, -0.2) is 13.8 Å². The van der Waals surface area contributed by atoms with E-state index < -0.39 is 11.6 Å². The van der Waals surface area contributed by atoms with E-state index in [4.69, 9.17) is 4.42 Å². The molecule has 94 valence electrons. The summed E-state index contributed by atoms with van der Waals surface area (Å²) in [6.45, 7) is 0.560. The number of nitrogens with zero attached hydrogens (tertiary/aromatic N) is 1. The van der Waals surface area contributed by atoms with E-state index >= 15 is 0 Å². The lowest BCUT2D eigenvalue weighted by Crippen LogP contribution is -2.15. The first-order chi connectivity index (χ1) is 8.74. The van der Waals surface area contributed by atoms with E-state index in [1.807, 2.05) is 0 Å². The van der Waals surface area contributed by atoms with E-state index in [0.29, 0.717) is 18.3 Å². The predicted molar refractivity (Wildman–Crippen MR) is 61.7 cm³/mol. The maximum Gasteiger partial charge on any atom is 0.232 e. The molecule has 5 heteroatoms. The Labute approximate surface area is 103 Å². The van der Waals surface area contributed by atoms with Gasteiger partial charge in [0.25, 0.3) is 0 Å². The smallest absolute Gasteiger partial charge is 0.232 e. The Kier molecular flexibility index (Phi) is 2.83. The Morgan fingerprint density at radius 3 is 2.67 bits per heavy atom. The lowest BCUT2D eigenvalue weighted by molar-refractivity contribution is 0.540. The summed E-state index contributed by atoms with van der Waals surface area (Å²) in [6, 6.07) is 4.23. The summed E-state index contributed by atoms with van der Waals surface area (Å²) in [5, 5.41) is 3.26. The second-order valence-electron chi connectivity index (χ2n) is 4.40. The number of hydrogen-bond acceptors (Lipinski definition) is 3. The molecule has 0 spiro atoms. The van der Waals surface area contributed by atoms with Crippen molar-refractivity contribution in [3.8, 4) is 11.5 Å². The van der Waals surface area contributed by atoms with Crippen LogP contribution in [0.25, 0.3) is 11.5 Å². The van der Waals surface area contributed by atoms with Crippen molar-refractivity contribution in [1.82, 2.24) is 10.3 Å². The van der Waals surface area contributed by atoms with Crippen LogP contribution >= 0.6 is 0 Å². The highest BCUT2D eigenvalue weighted by Crippen LogP contribution is 2.25. The fraction of sp³-hybridized carbons (Fsp3) is 0.308. The molecule has 1 aliphatic carbocycles. The molecule has 0 radical (unpaired) electrons. The molecular formula is C13H12F2N2O. The second-order valence-corrected chi connectivity index (χ2v) is 4.40. The van der Waals surface area contributed by atoms with Crippen molar-refractivity contribution >= 4 is 0 Å². The zero-order chi connectivity index (χ0) is 12.5. The first-order valence-corrected chi connectivity index (χ1v) is 5.86. The average Bonchev–Trinajstić information content (AvgIpc) is 3.06. The highest BCUT2D eigenvalue weighted by atomic mass is 19.1. The summed E-state index contributed by atoms with van der Waals surface area (Å²) in [6.07, 6.45) is 3.77. The van der Waals surface area contributed by atoms with Gasteiger partial charge in [0.15, 0.2) is 0 Å². The van der Waals surface area contributed by atoms with E-state index in [-0.39, 0.29) is 11.5 Å². The summed E-state index contributed by atoms with van der Waals surface area (Å²) in [5.41, 5.74) is 0.440. The van der Waals surface area contributed by atoms with Crippen molar-refractivity contribution in [3.05, 3.63) is 41.8 Å². The van der Waals surface area contributed by atoms with Crippen LogP contribution in [0.2, 0.25) is 0 Å². The largest absolute Gasteiger partial charge is 0.444 e. The molecule has 3 nitrogen and oxygen atoms in total. The van der Waals surface area contributed by atoms with Crippen LogP contribution in [-0.2, 0) is 6.54 Å². The Morgan fingerprint density at radius 2 is 2.00 bits per heavy atom. The summed E-state index contributed by atoms with van der Waals surface area (Å²) >= 11 is 0. The van der Waals surface area contributed by atoms with Gasteiger partial charge < -0.3 is 9.73 Å². The quantitative estimate of drug-likeness (QED) is 0.906. The minimum absolute atomic E-state index is 0.0156. The molecule has 1 heterocycles. The van der Waals surface area contributed by atoms with Gasteiger partial charge in [-0.2, -0.15) is 0 Å². The number of hydrogen-bond donors (Lipinski definition) is 1. The highest BCUT2D eigenvalue weighted by Gasteiger charge is 2.21. The number of aromatic nitrogens is 1. The van der Waals surface area contributed by atoms with E-state index in [9.17, 15) is 8.78 Å². The van der Waals surface area contributed by atoms with Crippen LogP contribution in [-0.4, -0.2) is 11.0 Å². The first kappa shape index (κ1) is 11.3. The van der Waals surface area contributed by atoms with Gasteiger partial charge in [-0.15, -0.1) is 0 Å². The minimum atomic E-state index is -0.668. The maximum absolute atomic E-state index is 13.5. The molecule has 0 atom stereocenters. The fourth-order valence-electron chi connectivity index (χ4n) is 1.74. The summed E-state index contributed by atoms with van der Waals surface area (Å²) in [5.74, 6) is -1.35. The molecule has 1 aromatic carbocycles. The molecule has 18 heavy (non-hydrogen) atoms. The molecule has 3 rings (SSSR count). The zero-order valence-electron chi connectivity index (χ0n) is 9.62. The molecular weight excluding hydrogens is 238 g/mol. The van der Waals surface area contributed by atoms with Crippen LogP contribution in [0.15, 0.2) is 28.9 Å². The monoisotopic (exact) mass is 250 g/mol. The van der Waals surface area contributed by atoms with E-state index in [0.717, 1.165) is 0 Å². The highest BCUT2D eigenvalue weighted by molar-refractivity contribution is 5.55. The van der Waals surface area contributed by atoms with Gasteiger partial charge in [0.1, 0.15) is 23.5 Å². The SMILES string of the molecule is Fc1cccc(F)c1-c1nc(CNC2CC2)co1. The Morgan fingerprint density at radius 1 is 1.28 bits per heavy atom. The van der Waals surface area contributed by atoms with Gasteiger partial charge in [0.2, 0.25) is 5.89 Å². The summed E-state index contributed by atoms with van der Waals surface area (Å²) in [4.78, 5) is 4.09. The maximum atomic E-state index is 13.5. The van der Waals surface area contributed by atoms with E-state index in [2.05, 4.69) is 10.3 Å². The molecule has 0 unspecified atom stereocenters. The van der Waals surface area contributed by atoms with Crippen molar-refractivity contribution in [1.29, 1.82) is 0 Å². The Balaban J connectivity index is 1.83. The first-order valence-electron chi connectivity index (χ1n) is 5.86. The Bertz CT molecular complexity index is 544. The van der Waals surface area contributed by atoms with Gasteiger partial charge in [-0.05, 0) is 25.0 Å². The number of nitrogens with one attached hydrogen (secondary N) is 1. The van der Waals surface area contributed by atoms with Crippen LogP contribution < -0.4 is 5.32 Å². The molecule has 0 bridgehead atoms. The minimum Gasteiger partial charge on any atom is -0.444 e. The average molecular weight is 250 g/mol. The molecule has 1 N–H and O–H groups in total. The third-order valence-electron chi connectivity index (χ3n) is 2.88. The van der Waals surface area contributed by atoms with Crippen LogP contribution in [0.3, 0.4) is 0 Å². The van der Waals surface area contributed by atoms with Crippen LogP contribution in [0.1, 0.15) is 18.5 Å². The number of oxazole rings is 1. The van der Waals surface area contributed by atoms with Gasteiger partial charge in [0.05, 0.1) is 5.69 Å². The van der Waals surface area contributed by atoms with Crippen molar-refractivity contribution in [2.75, 3.05) is 0 Å². The van der Waals surface area contributed by atoms with Crippen molar-refractivity contribution in [2.45, 2.75) is 25.4 Å². The molecule has 0 amide bonds. The zero-order valence-corrected chi connectivity index (χ0v) is 9.62. The van der Waals surface area contributed by atoms with Crippen LogP contribution in [0, 0.1) is 11.6 Å². The van der Waals surface area contributed by atoms with Crippen molar-refractivity contribution in [3.63, 3.8) is 0 Å². The van der Waals surface area contributed by atoms with E-state index in [1.165, 1.54) is 37.3 Å². The van der Waals surface area contributed by atoms with Crippen LogP contribution in [0.5, 0.6) is 0 Å². The number of halogens is 2. The molecule has 1 fully saturated rings. The lowest BCUT2D eigenvalue weighted by Gasteiger charge is -1.99. The fourth-order valence-corrected chi connectivity index (χ4v) is 1.74. The molecule has 0 saturated heterocycles. The lowest BCUT2D eigenvalue weighted by atomic mass is 10.2. The normalized spacial score (nSPS) is 15.0. The molecule has 0 aliphatic heterocycles. The topological polar surface area (TPSA) is 38.1 Å². The summed E-state index contributed by atoms with van der Waals surface area (Å²) < 4.78 is 32.2. The number of rotatable bonds is 4.